The van der Waals surface area contributed by atoms with Gasteiger partial charge in [-0.1, -0.05) is 0 Å². The predicted molar refractivity (Wildman–Crippen MR) is 82.1 cm³/mol. The van der Waals surface area contributed by atoms with E-state index in [1.54, 1.807) is 0 Å². The van der Waals surface area contributed by atoms with Crippen molar-refractivity contribution < 1.29 is 32.4 Å². The minimum atomic E-state index is -4.90. The molecule has 0 aromatic heterocycles. The molecule has 1 fully saturated rings. The van der Waals surface area contributed by atoms with Gasteiger partial charge in [0.15, 0.2) is 6.61 Å². The van der Waals surface area contributed by atoms with E-state index in [-0.39, 0.29) is 6.54 Å². The SMILES string of the molecule is NC(=O)C1CCCCN1C(=O)COc1ccc([N+](=O)[O-])cc1C(F)(F)F. The number of nitrogens with two attached hydrogens (primary N) is 1. The monoisotopic (exact) mass is 375 g/mol. The first-order valence-electron chi connectivity index (χ1n) is 7.68. The maximum atomic E-state index is 13.1. The summed E-state index contributed by atoms with van der Waals surface area (Å²) in [4.78, 5) is 34.5. The molecule has 2 N–H and O–H groups in total. The number of non-ortho nitro benzene ring substituents is 1. The fourth-order valence-corrected chi connectivity index (χ4v) is 2.73. The van der Waals surface area contributed by atoms with Crippen molar-refractivity contribution in [2.24, 2.45) is 5.73 Å². The van der Waals surface area contributed by atoms with Crippen LogP contribution in [0.4, 0.5) is 18.9 Å². The third kappa shape index (κ3) is 4.41. The molecule has 1 unspecified atom stereocenters. The zero-order valence-corrected chi connectivity index (χ0v) is 13.5. The van der Waals surface area contributed by atoms with Gasteiger partial charge in [-0.2, -0.15) is 13.2 Å². The van der Waals surface area contributed by atoms with E-state index in [0.29, 0.717) is 25.3 Å². The number of carbonyl (C=O) groups excluding carboxylic acids is 2. The molecule has 26 heavy (non-hydrogen) atoms. The average molecular weight is 375 g/mol. The number of halogens is 3. The highest BCUT2D eigenvalue weighted by atomic mass is 19.4. The molecule has 8 nitrogen and oxygen atoms in total. The van der Waals surface area contributed by atoms with Crippen LogP contribution in [0.2, 0.25) is 0 Å². The van der Waals surface area contributed by atoms with Crippen LogP contribution >= 0.6 is 0 Å². The van der Waals surface area contributed by atoms with Crippen molar-refractivity contribution >= 4 is 17.5 Å². The van der Waals surface area contributed by atoms with Crippen molar-refractivity contribution in [1.82, 2.24) is 4.90 Å². The van der Waals surface area contributed by atoms with Crippen LogP contribution in [-0.2, 0) is 15.8 Å². The number of alkyl halides is 3. The van der Waals surface area contributed by atoms with Crippen LogP contribution in [0.5, 0.6) is 5.75 Å². The molecule has 1 saturated heterocycles. The normalized spacial score (nSPS) is 17.7. The molecule has 11 heteroatoms. The summed E-state index contributed by atoms with van der Waals surface area (Å²) in [5.41, 5.74) is 3.14. The average Bonchev–Trinajstić information content (AvgIpc) is 2.58. The Morgan fingerprint density at radius 3 is 2.62 bits per heavy atom. The number of hydrogen-bond acceptors (Lipinski definition) is 5. The second-order valence-electron chi connectivity index (χ2n) is 5.73. The number of primary amides is 1. The van der Waals surface area contributed by atoms with E-state index in [4.69, 9.17) is 10.5 Å². The van der Waals surface area contributed by atoms with Gasteiger partial charge in [-0.25, -0.2) is 0 Å². The molecule has 1 aliphatic heterocycles. The topological polar surface area (TPSA) is 116 Å². The lowest BCUT2D eigenvalue weighted by atomic mass is 10.0. The van der Waals surface area contributed by atoms with Crippen molar-refractivity contribution in [2.75, 3.05) is 13.2 Å². The number of ether oxygens (including phenoxy) is 1. The van der Waals surface area contributed by atoms with Crippen LogP contribution in [0.25, 0.3) is 0 Å². The molecular weight excluding hydrogens is 359 g/mol. The molecule has 2 amide bonds. The quantitative estimate of drug-likeness (QED) is 0.623. The lowest BCUT2D eigenvalue weighted by Crippen LogP contribution is -2.51. The van der Waals surface area contributed by atoms with Gasteiger partial charge in [0.1, 0.15) is 17.4 Å². The van der Waals surface area contributed by atoms with Crippen LogP contribution in [0.1, 0.15) is 24.8 Å². The second-order valence-corrected chi connectivity index (χ2v) is 5.73. The van der Waals surface area contributed by atoms with Crippen LogP contribution < -0.4 is 10.5 Å². The fourth-order valence-electron chi connectivity index (χ4n) is 2.73. The molecule has 0 radical (unpaired) electrons. The van der Waals surface area contributed by atoms with Crippen LogP contribution in [0.15, 0.2) is 18.2 Å². The molecule has 2 rings (SSSR count). The van der Waals surface area contributed by atoms with Crippen molar-refractivity contribution in [3.05, 3.63) is 33.9 Å². The van der Waals surface area contributed by atoms with Gasteiger partial charge in [0, 0.05) is 18.7 Å². The van der Waals surface area contributed by atoms with Crippen molar-refractivity contribution in [3.8, 4) is 5.75 Å². The van der Waals surface area contributed by atoms with Gasteiger partial charge < -0.3 is 15.4 Å². The Hall–Kier alpha value is -2.85. The fraction of sp³-hybridized carbons (Fsp3) is 0.467. The lowest BCUT2D eigenvalue weighted by Gasteiger charge is -2.33. The van der Waals surface area contributed by atoms with Crippen LogP contribution in [0, 0.1) is 10.1 Å². The molecule has 0 spiro atoms. The zero-order chi connectivity index (χ0) is 19.5. The summed E-state index contributed by atoms with van der Waals surface area (Å²) in [5.74, 6) is -2.08. The number of carbonyl (C=O) groups is 2. The number of amides is 2. The number of hydrogen-bond donors (Lipinski definition) is 1. The summed E-state index contributed by atoms with van der Waals surface area (Å²) in [5, 5.41) is 10.7. The molecule has 1 aromatic carbocycles. The molecule has 1 heterocycles. The van der Waals surface area contributed by atoms with Gasteiger partial charge >= 0.3 is 6.18 Å². The van der Waals surface area contributed by atoms with E-state index in [1.165, 1.54) is 4.90 Å². The number of rotatable bonds is 5. The van der Waals surface area contributed by atoms with E-state index in [1.807, 2.05) is 0 Å². The smallest absolute Gasteiger partial charge is 0.420 e. The van der Waals surface area contributed by atoms with Gasteiger partial charge in [0.25, 0.3) is 11.6 Å². The predicted octanol–water partition coefficient (Wildman–Crippen LogP) is 1.86. The Labute approximate surface area is 145 Å². The number of nitro benzene ring substituents is 1. The summed E-state index contributed by atoms with van der Waals surface area (Å²) in [6.07, 6.45) is -3.17. The zero-order valence-electron chi connectivity index (χ0n) is 13.5. The van der Waals surface area contributed by atoms with Crippen LogP contribution in [0.3, 0.4) is 0 Å². The summed E-state index contributed by atoms with van der Waals surface area (Å²) >= 11 is 0. The van der Waals surface area contributed by atoms with Gasteiger partial charge in [-0.15, -0.1) is 0 Å². The third-order valence-electron chi connectivity index (χ3n) is 3.98. The Morgan fingerprint density at radius 2 is 2.04 bits per heavy atom. The highest BCUT2D eigenvalue weighted by Gasteiger charge is 2.37. The molecule has 1 atom stereocenters. The molecule has 0 aliphatic carbocycles. The number of piperidine rings is 1. The van der Waals surface area contributed by atoms with E-state index in [0.717, 1.165) is 12.1 Å². The van der Waals surface area contributed by atoms with Crippen molar-refractivity contribution in [1.29, 1.82) is 0 Å². The van der Waals surface area contributed by atoms with E-state index in [2.05, 4.69) is 0 Å². The molecule has 142 valence electrons. The highest BCUT2D eigenvalue weighted by molar-refractivity contribution is 5.87. The van der Waals surface area contributed by atoms with Gasteiger partial charge in [-0.05, 0) is 25.3 Å². The molecule has 1 aliphatic rings. The first-order valence-corrected chi connectivity index (χ1v) is 7.68. The summed E-state index contributed by atoms with van der Waals surface area (Å²) in [6, 6.07) is 1.16. The molecular formula is C15H16F3N3O5. The van der Waals surface area contributed by atoms with E-state index in [9.17, 15) is 32.9 Å². The standard InChI is InChI=1S/C15H16F3N3O5/c16-15(17,18)10-7-9(21(24)25)4-5-12(10)26-8-13(22)20-6-2-1-3-11(20)14(19)23/h4-5,7,11H,1-3,6,8H2,(H2,19,23). The first-order chi connectivity index (χ1) is 12.1. The molecule has 1 aromatic rings. The number of nitro groups is 1. The number of nitrogens with zero attached hydrogens (tertiary/aromatic N) is 2. The molecule has 0 bridgehead atoms. The lowest BCUT2D eigenvalue weighted by molar-refractivity contribution is -0.385. The Kier molecular flexibility index (Phi) is 5.68. The minimum absolute atomic E-state index is 0.252. The van der Waals surface area contributed by atoms with Gasteiger partial charge in [0.2, 0.25) is 5.91 Å². The van der Waals surface area contributed by atoms with Gasteiger partial charge in [0.05, 0.1) is 4.92 Å². The Morgan fingerprint density at radius 1 is 1.35 bits per heavy atom. The largest absolute Gasteiger partial charge is 0.483 e. The number of benzene rings is 1. The third-order valence-corrected chi connectivity index (χ3v) is 3.98. The summed E-state index contributed by atoms with van der Waals surface area (Å²) in [7, 11) is 0. The maximum Gasteiger partial charge on any atom is 0.420 e. The number of likely N-dealkylation sites (tertiary alicyclic amines) is 1. The minimum Gasteiger partial charge on any atom is -0.483 e. The highest BCUT2D eigenvalue weighted by Crippen LogP contribution is 2.38. The van der Waals surface area contributed by atoms with E-state index < -0.39 is 52.6 Å². The first kappa shape index (κ1) is 19.5. The summed E-state index contributed by atoms with van der Waals surface area (Å²) in [6.45, 7) is -0.493. The Bertz CT molecular complexity index is 723. The van der Waals surface area contributed by atoms with Gasteiger partial charge in [-0.3, -0.25) is 19.7 Å². The second kappa shape index (κ2) is 7.58. The Balaban J connectivity index is 2.16. The summed E-state index contributed by atoms with van der Waals surface area (Å²) < 4.78 is 44.2. The van der Waals surface area contributed by atoms with Crippen LogP contribution in [-0.4, -0.2) is 40.8 Å². The van der Waals surface area contributed by atoms with E-state index >= 15 is 0 Å². The maximum absolute atomic E-state index is 13.1. The van der Waals surface area contributed by atoms with Crippen molar-refractivity contribution in [2.45, 2.75) is 31.5 Å². The molecule has 0 saturated carbocycles. The van der Waals surface area contributed by atoms with Crippen molar-refractivity contribution in [3.63, 3.8) is 0 Å².